The smallest absolute Gasteiger partial charge is 0.417 e. The standard InChI is InChI=1S/C9H6F5NO2/c10-8(11,3-7(16)17)6-4-15-2-1-5(6)9(12,13)14/h1-2,4H,3H2,(H,16,17). The first-order valence-corrected chi connectivity index (χ1v) is 4.26. The molecule has 0 spiro atoms. The molecule has 0 saturated heterocycles. The molecule has 0 radical (unpaired) electrons. The van der Waals surface area contributed by atoms with Crippen molar-refractivity contribution in [2.75, 3.05) is 0 Å². The number of alkyl halides is 5. The van der Waals surface area contributed by atoms with Crippen LogP contribution in [0.4, 0.5) is 22.0 Å². The second kappa shape index (κ2) is 4.27. The van der Waals surface area contributed by atoms with E-state index in [4.69, 9.17) is 5.11 Å². The minimum Gasteiger partial charge on any atom is -0.481 e. The molecule has 0 aliphatic carbocycles. The van der Waals surface area contributed by atoms with Gasteiger partial charge in [-0.15, -0.1) is 0 Å². The Morgan fingerprint density at radius 3 is 2.29 bits per heavy atom. The Kier molecular flexibility index (Phi) is 3.35. The van der Waals surface area contributed by atoms with E-state index in [1.165, 1.54) is 0 Å². The summed E-state index contributed by atoms with van der Waals surface area (Å²) in [5, 5.41) is 8.22. The summed E-state index contributed by atoms with van der Waals surface area (Å²) in [5.41, 5.74) is -3.02. The van der Waals surface area contributed by atoms with Crippen molar-refractivity contribution in [3.05, 3.63) is 29.6 Å². The van der Waals surface area contributed by atoms with Gasteiger partial charge in [0.2, 0.25) is 0 Å². The monoisotopic (exact) mass is 255 g/mol. The molecule has 1 N–H and O–H groups in total. The lowest BCUT2D eigenvalue weighted by atomic mass is 10.0. The fraction of sp³-hybridized carbons (Fsp3) is 0.333. The first-order valence-electron chi connectivity index (χ1n) is 4.26. The minimum atomic E-state index is -4.99. The van der Waals surface area contributed by atoms with E-state index in [0.717, 1.165) is 0 Å². The third-order valence-electron chi connectivity index (χ3n) is 1.89. The van der Waals surface area contributed by atoms with Crippen LogP contribution >= 0.6 is 0 Å². The van der Waals surface area contributed by atoms with E-state index >= 15 is 0 Å². The van der Waals surface area contributed by atoms with Gasteiger partial charge in [-0.2, -0.15) is 13.2 Å². The summed E-state index contributed by atoms with van der Waals surface area (Å²) in [6.45, 7) is 0. The maximum atomic E-state index is 13.3. The molecule has 1 heterocycles. The van der Waals surface area contributed by atoms with Crippen molar-refractivity contribution in [2.24, 2.45) is 0 Å². The molecular weight excluding hydrogens is 249 g/mol. The molecule has 0 aromatic carbocycles. The van der Waals surface area contributed by atoms with Gasteiger partial charge in [-0.1, -0.05) is 0 Å². The lowest BCUT2D eigenvalue weighted by Crippen LogP contribution is -2.23. The van der Waals surface area contributed by atoms with Crippen LogP contribution in [0.15, 0.2) is 18.5 Å². The summed E-state index contributed by atoms with van der Waals surface area (Å²) in [6, 6.07) is 0.380. The molecule has 17 heavy (non-hydrogen) atoms. The van der Waals surface area contributed by atoms with Crippen molar-refractivity contribution < 1.29 is 31.9 Å². The number of rotatable bonds is 3. The number of nitrogens with zero attached hydrogens (tertiary/aromatic N) is 1. The molecule has 1 rings (SSSR count). The summed E-state index contributed by atoms with van der Waals surface area (Å²) >= 11 is 0. The van der Waals surface area contributed by atoms with Crippen LogP contribution in [0.2, 0.25) is 0 Å². The summed E-state index contributed by atoms with van der Waals surface area (Å²) in [4.78, 5) is 13.3. The lowest BCUT2D eigenvalue weighted by molar-refractivity contribution is -0.151. The van der Waals surface area contributed by atoms with Crippen LogP contribution in [-0.4, -0.2) is 16.1 Å². The predicted molar refractivity (Wildman–Crippen MR) is 45.4 cm³/mol. The summed E-state index contributed by atoms with van der Waals surface area (Å²) in [7, 11) is 0. The topological polar surface area (TPSA) is 50.2 Å². The number of hydrogen-bond acceptors (Lipinski definition) is 2. The highest BCUT2D eigenvalue weighted by molar-refractivity contribution is 5.68. The van der Waals surface area contributed by atoms with E-state index < -0.39 is 35.6 Å². The first kappa shape index (κ1) is 13.3. The van der Waals surface area contributed by atoms with E-state index in [1.807, 2.05) is 0 Å². The van der Waals surface area contributed by atoms with E-state index in [9.17, 15) is 26.7 Å². The van der Waals surface area contributed by atoms with Gasteiger partial charge in [-0.3, -0.25) is 9.78 Å². The molecular formula is C9H6F5NO2. The quantitative estimate of drug-likeness (QED) is 0.845. The second-order valence-corrected chi connectivity index (χ2v) is 3.19. The zero-order valence-corrected chi connectivity index (χ0v) is 8.13. The largest absolute Gasteiger partial charge is 0.481 e. The van der Waals surface area contributed by atoms with Crippen LogP contribution in [0, 0.1) is 0 Å². The van der Waals surface area contributed by atoms with Crippen molar-refractivity contribution in [3.8, 4) is 0 Å². The number of carboxylic acids is 1. The third kappa shape index (κ3) is 3.11. The number of halogens is 5. The zero-order chi connectivity index (χ0) is 13.3. The number of aliphatic carboxylic acids is 1. The molecule has 8 heteroatoms. The van der Waals surface area contributed by atoms with Gasteiger partial charge in [0.15, 0.2) is 0 Å². The van der Waals surface area contributed by atoms with Gasteiger partial charge < -0.3 is 5.11 Å². The average Bonchev–Trinajstić information content (AvgIpc) is 2.14. The number of carboxylic acid groups (broad SMARTS) is 1. The predicted octanol–water partition coefficient (Wildman–Crippen LogP) is 2.67. The van der Waals surface area contributed by atoms with Gasteiger partial charge in [0.05, 0.1) is 11.1 Å². The SMILES string of the molecule is O=C(O)CC(F)(F)c1cnccc1C(F)(F)F. The first-order chi connectivity index (χ1) is 7.64. The molecule has 0 aliphatic heterocycles. The van der Waals surface area contributed by atoms with Crippen molar-refractivity contribution in [3.63, 3.8) is 0 Å². The van der Waals surface area contributed by atoms with Crippen LogP contribution in [-0.2, 0) is 16.9 Å². The molecule has 0 amide bonds. The molecule has 0 bridgehead atoms. The van der Waals surface area contributed by atoms with Crippen molar-refractivity contribution in [2.45, 2.75) is 18.5 Å². The van der Waals surface area contributed by atoms with Crippen LogP contribution in [0.5, 0.6) is 0 Å². The molecule has 1 aromatic heterocycles. The molecule has 3 nitrogen and oxygen atoms in total. The minimum absolute atomic E-state index is 0.325. The van der Waals surface area contributed by atoms with Crippen LogP contribution in [0.25, 0.3) is 0 Å². The lowest BCUT2D eigenvalue weighted by Gasteiger charge is -2.19. The average molecular weight is 255 g/mol. The molecule has 0 unspecified atom stereocenters. The Balaban J connectivity index is 3.26. The highest BCUT2D eigenvalue weighted by atomic mass is 19.4. The maximum absolute atomic E-state index is 13.3. The van der Waals surface area contributed by atoms with Gasteiger partial charge in [0.25, 0.3) is 5.92 Å². The molecule has 0 aliphatic rings. The number of carbonyl (C=O) groups is 1. The van der Waals surface area contributed by atoms with E-state index in [1.54, 1.807) is 0 Å². The van der Waals surface area contributed by atoms with Crippen LogP contribution in [0.1, 0.15) is 17.5 Å². The maximum Gasteiger partial charge on any atom is 0.417 e. The Labute approximate surface area is 91.9 Å². The Bertz CT molecular complexity index is 430. The number of aromatic nitrogens is 1. The normalized spacial score (nSPS) is 12.5. The summed E-state index contributed by atoms with van der Waals surface area (Å²) in [5.74, 6) is -6.02. The van der Waals surface area contributed by atoms with Gasteiger partial charge in [-0.05, 0) is 6.07 Å². The van der Waals surface area contributed by atoms with Crippen molar-refractivity contribution in [1.29, 1.82) is 0 Å². The van der Waals surface area contributed by atoms with Gasteiger partial charge in [-0.25, -0.2) is 8.78 Å². The highest BCUT2D eigenvalue weighted by Crippen LogP contribution is 2.40. The Hall–Kier alpha value is -1.73. The molecule has 0 saturated carbocycles. The third-order valence-corrected chi connectivity index (χ3v) is 1.89. The summed E-state index contributed by atoms with van der Waals surface area (Å²) in [6.07, 6.45) is -5.67. The fourth-order valence-corrected chi connectivity index (χ4v) is 1.22. The van der Waals surface area contributed by atoms with Gasteiger partial charge >= 0.3 is 12.1 Å². The van der Waals surface area contributed by atoms with Crippen molar-refractivity contribution in [1.82, 2.24) is 4.98 Å². The molecule has 94 valence electrons. The van der Waals surface area contributed by atoms with Crippen molar-refractivity contribution >= 4 is 5.97 Å². The molecule has 0 fully saturated rings. The van der Waals surface area contributed by atoms with Crippen LogP contribution in [0.3, 0.4) is 0 Å². The highest BCUT2D eigenvalue weighted by Gasteiger charge is 2.44. The number of pyridine rings is 1. The second-order valence-electron chi connectivity index (χ2n) is 3.19. The zero-order valence-electron chi connectivity index (χ0n) is 8.13. The molecule has 0 atom stereocenters. The van der Waals surface area contributed by atoms with Gasteiger partial charge in [0, 0.05) is 12.4 Å². The number of hydrogen-bond donors (Lipinski definition) is 1. The van der Waals surface area contributed by atoms with Crippen LogP contribution < -0.4 is 0 Å². The van der Waals surface area contributed by atoms with E-state index in [0.29, 0.717) is 18.5 Å². The summed E-state index contributed by atoms with van der Waals surface area (Å²) < 4.78 is 63.8. The van der Waals surface area contributed by atoms with E-state index in [-0.39, 0.29) is 0 Å². The van der Waals surface area contributed by atoms with Gasteiger partial charge in [0.1, 0.15) is 6.42 Å². The molecule has 1 aromatic rings. The Morgan fingerprint density at radius 2 is 1.82 bits per heavy atom. The van der Waals surface area contributed by atoms with E-state index in [2.05, 4.69) is 4.98 Å². The fourth-order valence-electron chi connectivity index (χ4n) is 1.22. The Morgan fingerprint density at radius 1 is 1.24 bits per heavy atom.